The Kier molecular flexibility index (Phi) is 4.79. The Hall–Kier alpha value is -1.80. The van der Waals surface area contributed by atoms with Crippen LogP contribution in [0.4, 0.5) is 0 Å². The minimum atomic E-state index is 0.140. The van der Waals surface area contributed by atoms with Gasteiger partial charge in [-0.15, -0.1) is 10.2 Å². The average Bonchev–Trinajstić information content (AvgIpc) is 3.17. The van der Waals surface area contributed by atoms with E-state index in [1.54, 1.807) is 12.3 Å². The van der Waals surface area contributed by atoms with Crippen LogP contribution in [0.3, 0.4) is 0 Å². The first-order valence-corrected chi connectivity index (χ1v) is 8.09. The molecule has 8 heteroatoms. The van der Waals surface area contributed by atoms with Crippen LogP contribution in [0.15, 0.2) is 26.4 Å². The van der Waals surface area contributed by atoms with Gasteiger partial charge in [0.2, 0.25) is 5.91 Å². The lowest BCUT2D eigenvalue weighted by atomic mass is 10.3. The second-order valence-electron chi connectivity index (χ2n) is 4.86. The van der Waals surface area contributed by atoms with Crippen molar-refractivity contribution in [3.8, 4) is 11.5 Å². The first-order chi connectivity index (χ1) is 10.7. The third-order valence-corrected chi connectivity index (χ3v) is 4.22. The van der Waals surface area contributed by atoms with Gasteiger partial charge in [0, 0.05) is 25.3 Å². The summed E-state index contributed by atoms with van der Waals surface area (Å²) in [6.07, 6.45) is 2.04. The molecule has 0 spiro atoms. The SMILES string of the molecule is Cc1occc1-c1nnc(SCCC(=O)N2CCOCC2)o1. The van der Waals surface area contributed by atoms with E-state index in [1.807, 2.05) is 11.8 Å². The number of furan rings is 1. The van der Waals surface area contributed by atoms with Gasteiger partial charge < -0.3 is 18.5 Å². The Morgan fingerprint density at radius 1 is 1.36 bits per heavy atom. The minimum absolute atomic E-state index is 0.140. The lowest BCUT2D eigenvalue weighted by Crippen LogP contribution is -2.40. The molecule has 7 nitrogen and oxygen atoms in total. The maximum atomic E-state index is 12.0. The number of hydrogen-bond donors (Lipinski definition) is 0. The Labute approximate surface area is 132 Å². The van der Waals surface area contributed by atoms with Crippen LogP contribution in [0.2, 0.25) is 0 Å². The van der Waals surface area contributed by atoms with E-state index < -0.39 is 0 Å². The van der Waals surface area contributed by atoms with E-state index in [9.17, 15) is 4.79 Å². The molecule has 0 aliphatic carbocycles. The molecule has 118 valence electrons. The standard InChI is InChI=1S/C14H17N3O4S/c1-10-11(2-6-20-10)13-15-16-14(21-13)22-9-3-12(18)17-4-7-19-8-5-17/h2,6H,3-5,7-9H2,1H3. The van der Waals surface area contributed by atoms with E-state index in [4.69, 9.17) is 13.6 Å². The van der Waals surface area contributed by atoms with Crippen molar-refractivity contribution in [3.05, 3.63) is 18.1 Å². The number of morpholine rings is 1. The lowest BCUT2D eigenvalue weighted by Gasteiger charge is -2.26. The zero-order valence-corrected chi connectivity index (χ0v) is 13.1. The summed E-state index contributed by atoms with van der Waals surface area (Å²) in [5, 5.41) is 8.44. The second-order valence-corrected chi connectivity index (χ2v) is 5.90. The molecule has 0 atom stereocenters. The number of carbonyl (C=O) groups excluding carboxylic acids is 1. The normalized spacial score (nSPS) is 15.2. The summed E-state index contributed by atoms with van der Waals surface area (Å²) in [7, 11) is 0. The van der Waals surface area contributed by atoms with Crippen LogP contribution < -0.4 is 0 Å². The number of amides is 1. The maximum absolute atomic E-state index is 12.0. The zero-order chi connectivity index (χ0) is 15.4. The summed E-state index contributed by atoms with van der Waals surface area (Å²) in [6.45, 7) is 4.43. The van der Waals surface area contributed by atoms with Crippen molar-refractivity contribution in [1.82, 2.24) is 15.1 Å². The van der Waals surface area contributed by atoms with Crippen molar-refractivity contribution in [1.29, 1.82) is 0 Å². The highest BCUT2D eigenvalue weighted by atomic mass is 32.2. The van der Waals surface area contributed by atoms with Crippen molar-refractivity contribution >= 4 is 17.7 Å². The van der Waals surface area contributed by atoms with Gasteiger partial charge in [-0.1, -0.05) is 11.8 Å². The fourth-order valence-corrected chi connectivity index (χ4v) is 2.87. The van der Waals surface area contributed by atoms with Crippen LogP contribution in [-0.2, 0) is 9.53 Å². The van der Waals surface area contributed by atoms with Crippen molar-refractivity contribution < 1.29 is 18.4 Å². The summed E-state index contributed by atoms with van der Waals surface area (Å²) < 4.78 is 16.0. The molecule has 2 aromatic rings. The number of rotatable bonds is 5. The van der Waals surface area contributed by atoms with E-state index in [1.165, 1.54) is 11.8 Å². The molecule has 1 aliphatic heterocycles. The fourth-order valence-electron chi connectivity index (χ4n) is 2.18. The molecule has 1 amide bonds. The Morgan fingerprint density at radius 3 is 2.91 bits per heavy atom. The number of thioether (sulfide) groups is 1. The van der Waals surface area contributed by atoms with Gasteiger partial charge in [-0.05, 0) is 13.0 Å². The molecule has 3 rings (SSSR count). The second kappa shape index (κ2) is 6.97. The van der Waals surface area contributed by atoms with Crippen molar-refractivity contribution in [2.45, 2.75) is 18.6 Å². The van der Waals surface area contributed by atoms with Crippen LogP contribution in [-0.4, -0.2) is 53.1 Å². The van der Waals surface area contributed by atoms with Gasteiger partial charge in [-0.25, -0.2) is 0 Å². The predicted molar refractivity (Wildman–Crippen MR) is 79.5 cm³/mol. The van der Waals surface area contributed by atoms with E-state index in [0.717, 1.165) is 11.3 Å². The van der Waals surface area contributed by atoms with E-state index in [0.29, 0.717) is 49.6 Å². The minimum Gasteiger partial charge on any atom is -0.469 e. The van der Waals surface area contributed by atoms with Crippen molar-refractivity contribution in [2.24, 2.45) is 0 Å². The van der Waals surface area contributed by atoms with E-state index in [-0.39, 0.29) is 5.91 Å². The molecule has 0 bridgehead atoms. The molecule has 0 aromatic carbocycles. The number of nitrogens with zero attached hydrogens (tertiary/aromatic N) is 3. The monoisotopic (exact) mass is 323 g/mol. The molecule has 0 N–H and O–H groups in total. The highest BCUT2D eigenvalue weighted by Crippen LogP contribution is 2.26. The highest BCUT2D eigenvalue weighted by molar-refractivity contribution is 7.99. The zero-order valence-electron chi connectivity index (χ0n) is 12.3. The first kappa shape index (κ1) is 15.1. The van der Waals surface area contributed by atoms with Crippen LogP contribution in [0.1, 0.15) is 12.2 Å². The van der Waals surface area contributed by atoms with Gasteiger partial charge in [0.05, 0.1) is 25.0 Å². The summed E-state index contributed by atoms with van der Waals surface area (Å²) >= 11 is 1.39. The Morgan fingerprint density at radius 2 is 2.18 bits per heavy atom. The number of carbonyl (C=O) groups is 1. The smallest absolute Gasteiger partial charge is 0.276 e. The largest absolute Gasteiger partial charge is 0.469 e. The van der Waals surface area contributed by atoms with Crippen LogP contribution in [0.5, 0.6) is 0 Å². The quantitative estimate of drug-likeness (QED) is 0.778. The van der Waals surface area contributed by atoms with Gasteiger partial charge in [-0.2, -0.15) is 0 Å². The summed E-state index contributed by atoms with van der Waals surface area (Å²) in [5.74, 6) is 1.93. The molecule has 1 fully saturated rings. The van der Waals surface area contributed by atoms with Gasteiger partial charge in [0.25, 0.3) is 11.1 Å². The molecular formula is C14H17N3O4S. The number of hydrogen-bond acceptors (Lipinski definition) is 7. The van der Waals surface area contributed by atoms with Gasteiger partial charge >= 0.3 is 0 Å². The van der Waals surface area contributed by atoms with Crippen LogP contribution >= 0.6 is 11.8 Å². The van der Waals surface area contributed by atoms with Gasteiger partial charge in [0.15, 0.2) is 0 Å². The molecule has 0 radical (unpaired) electrons. The molecule has 22 heavy (non-hydrogen) atoms. The maximum Gasteiger partial charge on any atom is 0.276 e. The Bertz CT molecular complexity index is 634. The summed E-state index contributed by atoms with van der Waals surface area (Å²) in [4.78, 5) is 13.8. The van der Waals surface area contributed by atoms with Crippen LogP contribution in [0.25, 0.3) is 11.5 Å². The predicted octanol–water partition coefficient (Wildman–Crippen LogP) is 1.98. The van der Waals surface area contributed by atoms with Crippen molar-refractivity contribution in [2.75, 3.05) is 32.1 Å². The molecule has 2 aromatic heterocycles. The average molecular weight is 323 g/mol. The molecule has 1 aliphatic rings. The van der Waals surface area contributed by atoms with E-state index in [2.05, 4.69) is 10.2 Å². The molecule has 1 saturated heterocycles. The first-order valence-electron chi connectivity index (χ1n) is 7.10. The van der Waals surface area contributed by atoms with Crippen LogP contribution in [0, 0.1) is 6.92 Å². The van der Waals surface area contributed by atoms with Gasteiger partial charge in [0.1, 0.15) is 5.76 Å². The number of ether oxygens (including phenoxy) is 1. The summed E-state index contributed by atoms with van der Waals surface area (Å²) in [6, 6.07) is 1.79. The lowest BCUT2D eigenvalue weighted by molar-refractivity contribution is -0.134. The third-order valence-electron chi connectivity index (χ3n) is 3.40. The van der Waals surface area contributed by atoms with Crippen molar-refractivity contribution in [3.63, 3.8) is 0 Å². The third kappa shape index (κ3) is 3.50. The summed E-state index contributed by atoms with van der Waals surface area (Å²) in [5.41, 5.74) is 0.795. The van der Waals surface area contributed by atoms with E-state index >= 15 is 0 Å². The molecular weight excluding hydrogens is 306 g/mol. The Balaban J connectivity index is 1.49. The highest BCUT2D eigenvalue weighted by Gasteiger charge is 2.17. The topological polar surface area (TPSA) is 81.6 Å². The van der Waals surface area contributed by atoms with Gasteiger partial charge in [-0.3, -0.25) is 4.79 Å². The number of aromatic nitrogens is 2. The molecule has 0 unspecified atom stereocenters. The number of aryl methyl sites for hydroxylation is 1. The fraction of sp³-hybridized carbons (Fsp3) is 0.500. The molecule has 3 heterocycles. The molecule has 0 saturated carbocycles.